The molecule has 3 heterocycles. The Kier molecular flexibility index (Phi) is 6.93. The molecule has 34 heavy (non-hydrogen) atoms. The van der Waals surface area contributed by atoms with Gasteiger partial charge in [0.1, 0.15) is 16.9 Å². The van der Waals surface area contributed by atoms with Crippen LogP contribution in [0.5, 0.6) is 0 Å². The average molecular weight is 474 g/mol. The third-order valence-electron chi connectivity index (χ3n) is 5.94. The fraction of sp³-hybridized carbons (Fsp3) is 0.560. The van der Waals surface area contributed by atoms with Gasteiger partial charge in [0.25, 0.3) is 0 Å². The van der Waals surface area contributed by atoms with Crippen molar-refractivity contribution in [3.8, 4) is 0 Å². The molecule has 0 N–H and O–H groups in total. The number of hydrogen-bond acceptors (Lipinski definition) is 6. The molecule has 0 aliphatic carbocycles. The van der Waals surface area contributed by atoms with Crippen LogP contribution < -0.4 is 0 Å². The number of ether oxygens (including phenoxy) is 3. The molecule has 184 valence electrons. The number of piperidine rings is 1. The van der Waals surface area contributed by atoms with Gasteiger partial charge in [0.15, 0.2) is 5.82 Å². The van der Waals surface area contributed by atoms with E-state index in [1.807, 2.05) is 26.8 Å². The first-order valence-corrected chi connectivity index (χ1v) is 11.8. The molecule has 2 saturated heterocycles. The fourth-order valence-corrected chi connectivity index (χ4v) is 4.12. The van der Waals surface area contributed by atoms with Crippen LogP contribution >= 0.6 is 0 Å². The highest BCUT2D eigenvalue weighted by Gasteiger charge is 2.27. The minimum atomic E-state index is -0.691. The Morgan fingerprint density at radius 3 is 2.56 bits per heavy atom. The molecule has 1 aromatic heterocycles. The van der Waals surface area contributed by atoms with Crippen LogP contribution in [-0.2, 0) is 20.8 Å². The summed E-state index contributed by atoms with van der Waals surface area (Å²) in [6, 6.07) is 3.07. The van der Waals surface area contributed by atoms with Crippen molar-refractivity contribution in [2.45, 2.75) is 65.2 Å². The SMILES string of the molecule is CCOC(=O)c1ccc2nc(C=C3CCN(C(=O)OC(C)(C)C)CC3)n(C[C@@H]3CCO3)c2c1F. The number of hydrogen-bond donors (Lipinski definition) is 0. The number of imidazole rings is 1. The number of likely N-dealkylation sites (tertiary alicyclic amines) is 1. The maximum atomic E-state index is 15.5. The minimum absolute atomic E-state index is 0.0192. The molecule has 9 heteroatoms. The Hall–Kier alpha value is -2.94. The smallest absolute Gasteiger partial charge is 0.410 e. The van der Waals surface area contributed by atoms with E-state index in [4.69, 9.17) is 14.2 Å². The first-order chi connectivity index (χ1) is 16.2. The number of benzene rings is 1. The van der Waals surface area contributed by atoms with E-state index in [9.17, 15) is 9.59 Å². The quantitative estimate of drug-likeness (QED) is 0.593. The molecule has 2 aliphatic rings. The van der Waals surface area contributed by atoms with Gasteiger partial charge >= 0.3 is 12.1 Å². The lowest BCUT2D eigenvalue weighted by Gasteiger charge is -2.31. The second kappa shape index (κ2) is 9.74. The second-order valence-electron chi connectivity index (χ2n) is 9.65. The summed E-state index contributed by atoms with van der Waals surface area (Å²) in [5.74, 6) is -0.706. The van der Waals surface area contributed by atoms with Crippen molar-refractivity contribution in [1.82, 2.24) is 14.5 Å². The summed E-state index contributed by atoms with van der Waals surface area (Å²) < 4.78 is 33.3. The first-order valence-electron chi connectivity index (χ1n) is 11.8. The summed E-state index contributed by atoms with van der Waals surface area (Å²) in [7, 11) is 0. The molecule has 1 amide bonds. The van der Waals surface area contributed by atoms with Crippen LogP contribution in [0.4, 0.5) is 9.18 Å². The van der Waals surface area contributed by atoms with Gasteiger partial charge in [-0.25, -0.2) is 19.0 Å². The van der Waals surface area contributed by atoms with E-state index in [1.54, 1.807) is 22.5 Å². The third kappa shape index (κ3) is 5.24. The van der Waals surface area contributed by atoms with Crippen LogP contribution in [0, 0.1) is 5.82 Å². The Labute approximate surface area is 198 Å². The van der Waals surface area contributed by atoms with Gasteiger partial charge in [-0.05, 0) is 65.2 Å². The lowest BCUT2D eigenvalue weighted by Crippen LogP contribution is -2.40. The van der Waals surface area contributed by atoms with E-state index < -0.39 is 17.4 Å². The maximum absolute atomic E-state index is 15.5. The van der Waals surface area contributed by atoms with E-state index in [0.29, 0.717) is 50.4 Å². The van der Waals surface area contributed by atoms with Crippen molar-refractivity contribution in [1.29, 1.82) is 0 Å². The largest absolute Gasteiger partial charge is 0.462 e. The number of amides is 1. The van der Waals surface area contributed by atoms with E-state index in [1.165, 1.54) is 6.07 Å². The number of fused-ring (bicyclic) bond motifs is 1. The number of halogens is 1. The van der Waals surface area contributed by atoms with Gasteiger partial charge in [0.2, 0.25) is 0 Å². The zero-order chi connectivity index (χ0) is 24.5. The number of aromatic nitrogens is 2. The first kappa shape index (κ1) is 24.2. The van der Waals surface area contributed by atoms with E-state index in [2.05, 4.69) is 4.98 Å². The van der Waals surface area contributed by atoms with Crippen molar-refractivity contribution in [2.24, 2.45) is 0 Å². The molecule has 0 spiro atoms. The molecule has 2 fully saturated rings. The maximum Gasteiger partial charge on any atom is 0.410 e. The zero-order valence-corrected chi connectivity index (χ0v) is 20.2. The van der Waals surface area contributed by atoms with Gasteiger partial charge in [-0.1, -0.05) is 5.57 Å². The highest BCUT2D eigenvalue weighted by Crippen LogP contribution is 2.28. The summed E-state index contributed by atoms with van der Waals surface area (Å²) in [5, 5.41) is 0. The van der Waals surface area contributed by atoms with Gasteiger partial charge in [-0.2, -0.15) is 0 Å². The van der Waals surface area contributed by atoms with Gasteiger partial charge in [-0.3, -0.25) is 0 Å². The molecule has 0 radical (unpaired) electrons. The summed E-state index contributed by atoms with van der Waals surface area (Å²) in [4.78, 5) is 31.0. The standard InChI is InChI=1S/C25H32FN3O5/c1-5-32-23(30)18-6-7-19-22(21(18)26)29(15-17-10-13-33-17)20(27-19)14-16-8-11-28(12-9-16)24(31)34-25(2,3)4/h6-7,14,17H,5,8-13,15H2,1-4H3/t17-/m0/s1. The van der Waals surface area contributed by atoms with Crippen LogP contribution in [0.3, 0.4) is 0 Å². The Morgan fingerprint density at radius 1 is 1.26 bits per heavy atom. The molecule has 0 saturated carbocycles. The lowest BCUT2D eigenvalue weighted by molar-refractivity contribution is -0.0588. The summed E-state index contributed by atoms with van der Waals surface area (Å²) in [6.07, 6.45) is 3.88. The summed E-state index contributed by atoms with van der Waals surface area (Å²) >= 11 is 0. The van der Waals surface area contributed by atoms with Crippen LogP contribution in [0.15, 0.2) is 17.7 Å². The van der Waals surface area contributed by atoms with Crippen molar-refractivity contribution >= 4 is 29.2 Å². The molecule has 0 unspecified atom stereocenters. The molecule has 4 rings (SSSR count). The predicted octanol–water partition coefficient (Wildman–Crippen LogP) is 4.56. The Morgan fingerprint density at radius 2 is 1.97 bits per heavy atom. The number of carbonyl (C=O) groups excluding carboxylic acids is 2. The predicted molar refractivity (Wildman–Crippen MR) is 125 cm³/mol. The van der Waals surface area contributed by atoms with Crippen molar-refractivity contribution in [2.75, 3.05) is 26.3 Å². The van der Waals surface area contributed by atoms with Gasteiger partial charge < -0.3 is 23.7 Å². The molecule has 1 aromatic carbocycles. The highest BCUT2D eigenvalue weighted by atomic mass is 19.1. The topological polar surface area (TPSA) is 82.9 Å². The molecular weight excluding hydrogens is 441 g/mol. The second-order valence-corrected chi connectivity index (χ2v) is 9.65. The van der Waals surface area contributed by atoms with Crippen LogP contribution in [0.2, 0.25) is 0 Å². The minimum Gasteiger partial charge on any atom is -0.462 e. The van der Waals surface area contributed by atoms with E-state index >= 15 is 4.39 Å². The van der Waals surface area contributed by atoms with Gasteiger partial charge in [0, 0.05) is 19.7 Å². The van der Waals surface area contributed by atoms with Crippen molar-refractivity contribution in [3.63, 3.8) is 0 Å². The van der Waals surface area contributed by atoms with Gasteiger partial charge in [-0.15, -0.1) is 0 Å². The van der Waals surface area contributed by atoms with Crippen LogP contribution in [0.1, 0.15) is 63.1 Å². The number of nitrogens with zero attached hydrogens (tertiary/aromatic N) is 3. The van der Waals surface area contributed by atoms with Crippen molar-refractivity contribution in [3.05, 3.63) is 34.9 Å². The summed E-state index contributed by atoms with van der Waals surface area (Å²) in [5.41, 5.74) is 1.24. The fourth-order valence-electron chi connectivity index (χ4n) is 4.12. The number of carbonyl (C=O) groups is 2. The summed E-state index contributed by atoms with van der Waals surface area (Å²) in [6.45, 7) is 9.64. The zero-order valence-electron chi connectivity index (χ0n) is 20.2. The molecular formula is C25H32FN3O5. The normalized spacial score (nSPS) is 18.6. The van der Waals surface area contributed by atoms with E-state index in [-0.39, 0.29) is 29.9 Å². The molecule has 0 bridgehead atoms. The Balaban J connectivity index is 1.61. The molecule has 8 nitrogen and oxygen atoms in total. The van der Waals surface area contributed by atoms with E-state index in [0.717, 1.165) is 12.0 Å². The van der Waals surface area contributed by atoms with Gasteiger partial charge in [0.05, 0.1) is 30.3 Å². The monoisotopic (exact) mass is 473 g/mol. The van der Waals surface area contributed by atoms with Crippen LogP contribution in [-0.4, -0.2) is 64.5 Å². The molecule has 2 aliphatic heterocycles. The lowest BCUT2D eigenvalue weighted by atomic mass is 10.0. The Bertz CT molecular complexity index is 1100. The van der Waals surface area contributed by atoms with Crippen molar-refractivity contribution < 1.29 is 28.2 Å². The average Bonchev–Trinajstić information content (AvgIpc) is 3.08. The number of rotatable bonds is 5. The third-order valence-corrected chi connectivity index (χ3v) is 5.94. The molecule has 1 atom stereocenters. The molecule has 2 aromatic rings. The van der Waals surface area contributed by atoms with Crippen LogP contribution in [0.25, 0.3) is 17.1 Å². The highest BCUT2D eigenvalue weighted by molar-refractivity contribution is 5.94. The number of esters is 1.